The van der Waals surface area contributed by atoms with Gasteiger partial charge in [-0.25, -0.2) is 0 Å². The van der Waals surface area contributed by atoms with Crippen molar-refractivity contribution in [1.29, 1.82) is 0 Å². The topological polar surface area (TPSA) is 40.9 Å². The predicted octanol–water partition coefficient (Wildman–Crippen LogP) is -0.483. The maximum Gasteiger partial charge on any atom is 4.00 e. The second-order valence-corrected chi connectivity index (χ2v) is 9.00. The zero-order valence-corrected chi connectivity index (χ0v) is 23.4. The molecule has 2 nitrogen and oxygen atoms in total. The molecule has 0 aliphatic rings. The Morgan fingerprint density at radius 3 is 1.56 bits per heavy atom. The van der Waals surface area contributed by atoms with Gasteiger partial charge in [0.25, 0.3) is 0 Å². The number of carbonyl (C=O) groups excluding carboxylic acids is 1. The zero-order valence-electron chi connectivity index (χ0n) is 18.5. The number of carbonyl (C=O) groups is 1. The van der Waals surface area contributed by atoms with Crippen LogP contribution >= 0.6 is 0 Å². The number of amides is 1. The van der Waals surface area contributed by atoms with Gasteiger partial charge < -0.3 is 35.3 Å². The molecule has 0 atom stereocenters. The molecular weight excluding hydrogens is 533 g/mol. The van der Waals surface area contributed by atoms with Gasteiger partial charge in [0.2, 0.25) is 0 Å². The third kappa shape index (κ3) is 12.5. The summed E-state index contributed by atoms with van der Waals surface area (Å²) in [4.78, 5) is 10.1. The fourth-order valence-electron chi connectivity index (χ4n) is 2.28. The van der Waals surface area contributed by atoms with E-state index in [9.17, 15) is 4.79 Å². The minimum Gasteiger partial charge on any atom is -1.00 e. The first kappa shape index (κ1) is 32.6. The van der Waals surface area contributed by atoms with E-state index < -0.39 is 11.3 Å². The van der Waals surface area contributed by atoms with Gasteiger partial charge in [-0.15, -0.1) is 29.7 Å². The minimum atomic E-state index is -0.507. The zero-order chi connectivity index (χ0) is 21.1. The van der Waals surface area contributed by atoms with Crippen LogP contribution in [0.25, 0.3) is 16.5 Å². The summed E-state index contributed by atoms with van der Waals surface area (Å²) in [5, 5.41) is 5.46. The van der Waals surface area contributed by atoms with Crippen LogP contribution in [0.1, 0.15) is 20.8 Å². The van der Waals surface area contributed by atoms with Crippen LogP contribution in [0.3, 0.4) is 0 Å². The summed E-state index contributed by atoms with van der Waals surface area (Å²) >= 11 is 0. The quantitative estimate of drug-likeness (QED) is 0.242. The molecule has 0 aromatic heterocycles. The summed E-state index contributed by atoms with van der Waals surface area (Å²) < 4.78 is 0. The predicted molar refractivity (Wildman–Crippen MR) is 126 cm³/mol. The molecule has 6 heteroatoms. The molecule has 0 spiro atoms. The Kier molecular flexibility index (Phi) is 17.3. The van der Waals surface area contributed by atoms with Crippen LogP contribution in [-0.2, 0) is 31.0 Å². The minimum absolute atomic E-state index is 0. The Balaban J connectivity index is 0. The van der Waals surface area contributed by atoms with E-state index in [1.54, 1.807) is 20.8 Å². The Hall–Kier alpha value is -1.58. The molecule has 0 bridgehead atoms. The van der Waals surface area contributed by atoms with Crippen molar-refractivity contribution in [1.82, 2.24) is 0 Å². The number of hydrogen-bond donors (Lipinski definition) is 0. The maximum absolute atomic E-state index is 10.1. The van der Waals surface area contributed by atoms with E-state index >= 15 is 0 Å². The Bertz CT molecular complexity index is 935. The van der Waals surface area contributed by atoms with Gasteiger partial charge in [-0.2, -0.15) is 17.5 Å². The van der Waals surface area contributed by atoms with Gasteiger partial charge in [0.05, 0.1) is 5.91 Å². The largest absolute Gasteiger partial charge is 4.00 e. The van der Waals surface area contributed by atoms with Crippen LogP contribution in [0.5, 0.6) is 0 Å². The van der Waals surface area contributed by atoms with Crippen LogP contribution in [0.15, 0.2) is 103 Å². The molecule has 0 fully saturated rings. The standard InChI is InChI=1S/C12H10Si.C9H7.C5H11NO.2ClH.Zr/c1-3-7-11(8-4-1)13-12-9-5-2-6-10-12;1-2-5-9-7-3-6-8(9)4-1;1-5(2,3)4(6)7;;;/h1-10H;1-7H;1-3H3,(H2,6,7);2*1H;/q;-1;;;;+4/p-3. The first-order chi connectivity index (χ1) is 13.9. The summed E-state index contributed by atoms with van der Waals surface area (Å²) in [7, 11) is 0.777. The van der Waals surface area contributed by atoms with E-state index in [4.69, 9.17) is 5.73 Å². The van der Waals surface area contributed by atoms with E-state index in [0.29, 0.717) is 0 Å². The summed E-state index contributed by atoms with van der Waals surface area (Å²) in [5.41, 5.74) is 6.12. The fourth-order valence-corrected chi connectivity index (χ4v) is 3.33. The van der Waals surface area contributed by atoms with Gasteiger partial charge in [0.15, 0.2) is 0 Å². The molecule has 0 aliphatic heterocycles. The normalized spacial score (nSPS) is 9.34. The average molecular weight is 560 g/mol. The van der Waals surface area contributed by atoms with Crippen molar-refractivity contribution in [3.63, 3.8) is 0 Å². The van der Waals surface area contributed by atoms with Crippen LogP contribution < -0.4 is 35.2 Å². The summed E-state index contributed by atoms with van der Waals surface area (Å²) in [6.45, 7) is 5.17. The summed E-state index contributed by atoms with van der Waals surface area (Å²) in [6.07, 6.45) is 0. The molecule has 0 saturated carbocycles. The Morgan fingerprint density at radius 1 is 0.750 bits per heavy atom. The Labute approximate surface area is 226 Å². The van der Waals surface area contributed by atoms with E-state index in [-0.39, 0.29) is 51.0 Å². The van der Waals surface area contributed by atoms with E-state index in [1.807, 2.05) is 0 Å². The number of rotatable bonds is 2. The van der Waals surface area contributed by atoms with Gasteiger partial charge >= 0.3 is 26.2 Å². The molecule has 0 heterocycles. The van der Waals surface area contributed by atoms with Crippen LogP contribution in [0.2, 0.25) is 0 Å². The van der Waals surface area contributed by atoms with E-state index in [2.05, 4.69) is 103 Å². The molecule has 0 aliphatic carbocycles. The molecule has 32 heavy (non-hydrogen) atoms. The molecule has 164 valence electrons. The first-order valence-corrected chi connectivity index (χ1v) is 10.6. The van der Waals surface area contributed by atoms with Gasteiger partial charge in [-0.05, 0) is 0 Å². The van der Waals surface area contributed by atoms with Crippen LogP contribution in [-0.4, -0.2) is 15.4 Å². The van der Waals surface area contributed by atoms with Crippen molar-refractivity contribution in [2.45, 2.75) is 20.8 Å². The summed E-state index contributed by atoms with van der Waals surface area (Å²) in [5.74, 6) is -0.507. The van der Waals surface area contributed by atoms with Crippen molar-refractivity contribution >= 4 is 36.6 Å². The van der Waals surface area contributed by atoms with E-state index in [1.165, 1.54) is 21.1 Å². The van der Waals surface area contributed by atoms with Gasteiger partial charge in [-0.1, -0.05) is 97.9 Å². The molecule has 4 aromatic carbocycles. The van der Waals surface area contributed by atoms with Gasteiger partial charge in [-0.3, -0.25) is 0 Å². The number of hydrogen-bond acceptors (Lipinski definition) is 1. The van der Waals surface area contributed by atoms with Gasteiger partial charge in [0, 0.05) is 5.41 Å². The molecule has 4 rings (SSSR count). The van der Waals surface area contributed by atoms with Crippen molar-refractivity contribution in [2.24, 2.45) is 5.41 Å². The third-order valence-electron chi connectivity index (χ3n) is 4.07. The number of nitrogens with one attached hydrogen (secondary N) is 1. The van der Waals surface area contributed by atoms with Crippen LogP contribution in [0, 0.1) is 5.41 Å². The molecule has 0 unspecified atom stereocenters. The number of benzene rings is 3. The van der Waals surface area contributed by atoms with Crippen molar-refractivity contribution in [2.75, 3.05) is 0 Å². The average Bonchev–Trinajstić information content (AvgIpc) is 3.19. The van der Waals surface area contributed by atoms with Crippen LogP contribution in [0.4, 0.5) is 0 Å². The summed E-state index contributed by atoms with van der Waals surface area (Å²) in [6, 6.07) is 35.8. The molecular formula is C26H27Cl2NOSiZr. The Morgan fingerprint density at radius 2 is 1.16 bits per heavy atom. The number of halogens is 2. The maximum atomic E-state index is 10.1. The second-order valence-electron chi connectivity index (χ2n) is 7.59. The molecule has 2 radical (unpaired) electrons. The first-order valence-electron chi connectivity index (χ1n) is 9.60. The number of fused-ring (bicyclic) bond motifs is 1. The smallest absolute Gasteiger partial charge is 1.00 e. The van der Waals surface area contributed by atoms with Crippen molar-refractivity contribution < 1.29 is 55.8 Å². The second kappa shape index (κ2) is 17.0. The molecule has 1 N–H and O–H groups in total. The monoisotopic (exact) mass is 557 g/mol. The molecule has 1 amide bonds. The third-order valence-corrected chi connectivity index (χ3v) is 5.31. The SMILES string of the molecule is CC(C)(C)C([NH-])=O.[Cl-].[Cl-].[Zr+4].c1ccc([Si]c2ccccc2)cc1.c1ccc2[cH-]ccc2c1. The molecule has 4 aromatic rings. The fraction of sp³-hybridized carbons (Fsp3) is 0.154. The van der Waals surface area contributed by atoms with Crippen molar-refractivity contribution in [3.8, 4) is 0 Å². The van der Waals surface area contributed by atoms with Crippen molar-refractivity contribution in [3.05, 3.63) is 109 Å². The van der Waals surface area contributed by atoms with Gasteiger partial charge in [0.1, 0.15) is 9.52 Å². The van der Waals surface area contributed by atoms with E-state index in [0.717, 1.165) is 9.52 Å². The molecule has 0 saturated heterocycles.